The highest BCUT2D eigenvalue weighted by molar-refractivity contribution is 5.68. The number of nitrogens with one attached hydrogen (secondary N) is 1. The van der Waals surface area contributed by atoms with Gasteiger partial charge in [-0.25, -0.2) is 4.98 Å². The molecule has 1 aliphatic carbocycles. The van der Waals surface area contributed by atoms with Crippen LogP contribution in [-0.2, 0) is 0 Å². The van der Waals surface area contributed by atoms with Crippen LogP contribution in [0.1, 0.15) is 43.2 Å². The molecular formula is C18H24N4. The van der Waals surface area contributed by atoms with Crippen LogP contribution in [0.5, 0.6) is 0 Å². The Balaban J connectivity index is 1.90. The maximum atomic E-state index is 5.93. The summed E-state index contributed by atoms with van der Waals surface area (Å²) in [6.45, 7) is 4.24. The topological polar surface area (TPSA) is 63.8 Å². The smallest absolute Gasteiger partial charge is 0.222 e. The third kappa shape index (κ3) is 3.21. The fourth-order valence-corrected chi connectivity index (χ4v) is 3.16. The predicted octanol–water partition coefficient (Wildman–Crippen LogP) is 4.09. The third-order valence-electron chi connectivity index (χ3n) is 4.58. The Morgan fingerprint density at radius 3 is 2.64 bits per heavy atom. The van der Waals surface area contributed by atoms with Crippen LogP contribution in [0.2, 0.25) is 0 Å². The number of anilines is 2. The zero-order chi connectivity index (χ0) is 15.5. The highest BCUT2D eigenvalue weighted by Crippen LogP contribution is 2.27. The van der Waals surface area contributed by atoms with Gasteiger partial charge in [-0.3, -0.25) is 0 Å². The zero-order valence-corrected chi connectivity index (χ0v) is 13.4. The van der Waals surface area contributed by atoms with E-state index in [-0.39, 0.29) is 0 Å². The number of aryl methyl sites for hydroxylation is 1. The van der Waals surface area contributed by atoms with E-state index in [0.717, 1.165) is 17.1 Å². The fraction of sp³-hybridized carbons (Fsp3) is 0.444. The summed E-state index contributed by atoms with van der Waals surface area (Å²) < 4.78 is 0. The Kier molecular flexibility index (Phi) is 4.27. The molecule has 4 heteroatoms. The van der Waals surface area contributed by atoms with Crippen molar-refractivity contribution in [3.63, 3.8) is 0 Å². The summed E-state index contributed by atoms with van der Waals surface area (Å²) in [5.41, 5.74) is 10.4. The molecule has 0 bridgehead atoms. The summed E-state index contributed by atoms with van der Waals surface area (Å²) >= 11 is 0. The Morgan fingerprint density at radius 1 is 1.09 bits per heavy atom. The van der Waals surface area contributed by atoms with Gasteiger partial charge in [0, 0.05) is 17.7 Å². The molecule has 0 saturated heterocycles. The van der Waals surface area contributed by atoms with Gasteiger partial charge in [0.2, 0.25) is 5.95 Å². The van der Waals surface area contributed by atoms with E-state index in [1.165, 1.54) is 43.2 Å². The monoisotopic (exact) mass is 296 g/mol. The average Bonchev–Trinajstić information content (AvgIpc) is 2.50. The lowest BCUT2D eigenvalue weighted by atomic mass is 9.95. The molecule has 116 valence electrons. The van der Waals surface area contributed by atoms with E-state index < -0.39 is 0 Å². The van der Waals surface area contributed by atoms with E-state index in [0.29, 0.717) is 12.0 Å². The zero-order valence-electron chi connectivity index (χ0n) is 13.4. The molecule has 1 fully saturated rings. The van der Waals surface area contributed by atoms with Gasteiger partial charge in [0.15, 0.2) is 0 Å². The fourth-order valence-electron chi connectivity index (χ4n) is 3.16. The van der Waals surface area contributed by atoms with Crippen LogP contribution in [0.4, 0.5) is 11.8 Å². The number of nitrogens with two attached hydrogens (primary N) is 1. The van der Waals surface area contributed by atoms with Crippen LogP contribution in [0.15, 0.2) is 24.3 Å². The predicted molar refractivity (Wildman–Crippen MR) is 91.9 cm³/mol. The number of aromatic nitrogens is 2. The summed E-state index contributed by atoms with van der Waals surface area (Å²) in [5.74, 6) is 1.17. The number of nitrogens with zero attached hydrogens (tertiary/aromatic N) is 2. The Hall–Kier alpha value is -2.10. The van der Waals surface area contributed by atoms with E-state index in [1.54, 1.807) is 0 Å². The van der Waals surface area contributed by atoms with Crippen LogP contribution in [0, 0.1) is 13.8 Å². The first-order valence-corrected chi connectivity index (χ1v) is 8.11. The molecule has 0 atom stereocenters. The van der Waals surface area contributed by atoms with Crippen molar-refractivity contribution in [2.45, 2.75) is 52.0 Å². The molecule has 22 heavy (non-hydrogen) atoms. The van der Waals surface area contributed by atoms with Crippen molar-refractivity contribution in [3.8, 4) is 11.3 Å². The Labute approximate surface area is 132 Å². The van der Waals surface area contributed by atoms with Crippen LogP contribution < -0.4 is 11.1 Å². The Morgan fingerprint density at radius 2 is 1.86 bits per heavy atom. The minimum Gasteiger partial charge on any atom is -0.368 e. The molecule has 2 aromatic rings. The van der Waals surface area contributed by atoms with Gasteiger partial charge in [-0.2, -0.15) is 4.98 Å². The number of rotatable bonds is 3. The van der Waals surface area contributed by atoms with Gasteiger partial charge in [-0.05, 0) is 37.8 Å². The van der Waals surface area contributed by atoms with Gasteiger partial charge in [-0.15, -0.1) is 0 Å². The number of benzene rings is 1. The van der Waals surface area contributed by atoms with E-state index in [1.807, 2.05) is 6.07 Å². The van der Waals surface area contributed by atoms with Gasteiger partial charge >= 0.3 is 0 Å². The molecule has 0 spiro atoms. The molecule has 1 aromatic carbocycles. The molecule has 1 saturated carbocycles. The van der Waals surface area contributed by atoms with Crippen LogP contribution in [0.3, 0.4) is 0 Å². The van der Waals surface area contributed by atoms with Crippen molar-refractivity contribution < 1.29 is 0 Å². The van der Waals surface area contributed by atoms with Crippen molar-refractivity contribution in [1.82, 2.24) is 9.97 Å². The highest BCUT2D eigenvalue weighted by Gasteiger charge is 2.15. The van der Waals surface area contributed by atoms with Crippen molar-refractivity contribution in [2.75, 3.05) is 11.1 Å². The molecule has 1 aromatic heterocycles. The summed E-state index contributed by atoms with van der Waals surface area (Å²) in [5, 5.41) is 3.53. The van der Waals surface area contributed by atoms with Crippen molar-refractivity contribution in [3.05, 3.63) is 35.4 Å². The molecule has 3 rings (SSSR count). The molecule has 4 nitrogen and oxygen atoms in total. The molecule has 1 heterocycles. The molecular weight excluding hydrogens is 272 g/mol. The molecule has 0 unspecified atom stereocenters. The first kappa shape index (κ1) is 14.8. The molecule has 1 aliphatic rings. The maximum Gasteiger partial charge on any atom is 0.222 e. The SMILES string of the molecule is Cc1cccc(-c2cc(NC3CCCCC3)nc(N)n2)c1C. The quantitative estimate of drug-likeness (QED) is 0.895. The van der Waals surface area contributed by atoms with Gasteiger partial charge in [0.1, 0.15) is 5.82 Å². The lowest BCUT2D eigenvalue weighted by molar-refractivity contribution is 0.462. The molecule has 0 aliphatic heterocycles. The van der Waals surface area contributed by atoms with Crippen LogP contribution >= 0.6 is 0 Å². The minimum absolute atomic E-state index is 0.330. The second-order valence-corrected chi connectivity index (χ2v) is 6.22. The molecule has 0 radical (unpaired) electrons. The second kappa shape index (κ2) is 6.34. The van der Waals surface area contributed by atoms with E-state index in [2.05, 4.69) is 47.3 Å². The largest absolute Gasteiger partial charge is 0.368 e. The first-order valence-electron chi connectivity index (χ1n) is 8.11. The first-order chi connectivity index (χ1) is 10.6. The van der Waals surface area contributed by atoms with E-state index in [9.17, 15) is 0 Å². The van der Waals surface area contributed by atoms with Crippen molar-refractivity contribution in [2.24, 2.45) is 0 Å². The number of hydrogen-bond donors (Lipinski definition) is 2. The summed E-state index contributed by atoms with van der Waals surface area (Å²) in [6, 6.07) is 8.80. The van der Waals surface area contributed by atoms with Crippen LogP contribution in [0.25, 0.3) is 11.3 Å². The Bertz CT molecular complexity index is 660. The normalized spacial score (nSPS) is 15.7. The summed E-state index contributed by atoms with van der Waals surface area (Å²) in [4.78, 5) is 8.79. The third-order valence-corrected chi connectivity index (χ3v) is 4.58. The lowest BCUT2D eigenvalue weighted by Gasteiger charge is -2.23. The average molecular weight is 296 g/mol. The maximum absolute atomic E-state index is 5.93. The van der Waals surface area contributed by atoms with E-state index >= 15 is 0 Å². The van der Waals surface area contributed by atoms with Gasteiger partial charge in [0.25, 0.3) is 0 Å². The number of nitrogen functional groups attached to an aromatic ring is 1. The van der Waals surface area contributed by atoms with Crippen molar-refractivity contribution in [1.29, 1.82) is 0 Å². The van der Waals surface area contributed by atoms with Gasteiger partial charge in [0.05, 0.1) is 5.69 Å². The highest BCUT2D eigenvalue weighted by atomic mass is 15.1. The summed E-state index contributed by atoms with van der Waals surface area (Å²) in [7, 11) is 0. The summed E-state index contributed by atoms with van der Waals surface area (Å²) in [6.07, 6.45) is 6.35. The van der Waals surface area contributed by atoms with Gasteiger partial charge in [-0.1, -0.05) is 37.5 Å². The number of hydrogen-bond acceptors (Lipinski definition) is 4. The van der Waals surface area contributed by atoms with Crippen LogP contribution in [-0.4, -0.2) is 16.0 Å². The second-order valence-electron chi connectivity index (χ2n) is 6.22. The van der Waals surface area contributed by atoms with E-state index in [4.69, 9.17) is 5.73 Å². The van der Waals surface area contributed by atoms with Gasteiger partial charge < -0.3 is 11.1 Å². The molecule has 3 N–H and O–H groups in total. The standard InChI is InChI=1S/C18H24N4/c1-12-7-6-10-15(13(12)2)16-11-17(22-18(19)21-16)20-14-8-4-3-5-9-14/h6-7,10-11,14H,3-5,8-9H2,1-2H3,(H3,19,20,21,22). The van der Waals surface area contributed by atoms with Crippen molar-refractivity contribution >= 4 is 11.8 Å². The minimum atomic E-state index is 0.330. The molecule has 0 amide bonds. The lowest BCUT2D eigenvalue weighted by Crippen LogP contribution is -2.23.